The molecule has 0 aromatic heterocycles. The predicted molar refractivity (Wildman–Crippen MR) is 55.8 cm³/mol. The number of aliphatic hydroxyl groups excluding tert-OH is 1. The third kappa shape index (κ3) is 4.97. The first-order valence-electron chi connectivity index (χ1n) is 4.79. The molecule has 0 radical (unpaired) electrons. The molecule has 0 amide bonds. The Morgan fingerprint density at radius 1 is 1.36 bits per heavy atom. The highest BCUT2D eigenvalue weighted by Crippen LogP contribution is 1.99. The molecule has 0 aliphatic carbocycles. The molecule has 0 aliphatic heterocycles. The van der Waals surface area contributed by atoms with Gasteiger partial charge in [0, 0.05) is 6.54 Å². The molecule has 1 rings (SSSR count). The topological polar surface area (TPSA) is 41.5 Å². The molecule has 3 nitrogen and oxygen atoms in total. The second kappa shape index (κ2) is 6.54. The number of rotatable bonds is 6. The minimum absolute atomic E-state index is 0.324. The first kappa shape index (κ1) is 11.2. The van der Waals surface area contributed by atoms with Crippen molar-refractivity contribution in [2.45, 2.75) is 19.6 Å². The van der Waals surface area contributed by atoms with Gasteiger partial charge in [-0.3, -0.25) is 5.32 Å². The largest absolute Gasteiger partial charge is 0.392 e. The van der Waals surface area contributed by atoms with Gasteiger partial charge in [0.25, 0.3) is 0 Å². The summed E-state index contributed by atoms with van der Waals surface area (Å²) in [5.41, 5.74) is 1.16. The van der Waals surface area contributed by atoms with Gasteiger partial charge in [0.05, 0.1) is 19.4 Å². The fourth-order valence-electron chi connectivity index (χ4n) is 1.08. The van der Waals surface area contributed by atoms with Gasteiger partial charge in [-0.05, 0) is 12.5 Å². The molecule has 1 aromatic rings. The molecule has 0 fully saturated rings. The van der Waals surface area contributed by atoms with Crippen molar-refractivity contribution in [1.29, 1.82) is 0 Å². The summed E-state index contributed by atoms with van der Waals surface area (Å²) in [4.78, 5) is 0. The molecular formula is C11H17NO2. The van der Waals surface area contributed by atoms with E-state index in [2.05, 4.69) is 5.32 Å². The Kier molecular flexibility index (Phi) is 5.22. The normalized spacial score (nSPS) is 12.7. The second-order valence-corrected chi connectivity index (χ2v) is 3.28. The summed E-state index contributed by atoms with van der Waals surface area (Å²) in [6.45, 7) is 3.38. The van der Waals surface area contributed by atoms with Crippen molar-refractivity contribution in [2.75, 3.05) is 13.3 Å². The van der Waals surface area contributed by atoms with Crippen molar-refractivity contribution in [3.05, 3.63) is 35.9 Å². The molecule has 0 heterocycles. The zero-order chi connectivity index (χ0) is 10.2. The Balaban J connectivity index is 2.05. The van der Waals surface area contributed by atoms with Crippen LogP contribution in [0, 0.1) is 0 Å². The zero-order valence-electron chi connectivity index (χ0n) is 8.44. The average molecular weight is 195 g/mol. The Labute approximate surface area is 84.7 Å². The van der Waals surface area contributed by atoms with Crippen molar-refractivity contribution < 1.29 is 9.84 Å². The molecule has 0 aliphatic rings. The Bertz CT molecular complexity index is 236. The van der Waals surface area contributed by atoms with E-state index < -0.39 is 0 Å². The molecule has 0 spiro atoms. The maximum atomic E-state index is 8.95. The van der Waals surface area contributed by atoms with Crippen LogP contribution in [-0.2, 0) is 11.3 Å². The van der Waals surface area contributed by atoms with E-state index in [0.717, 1.165) is 5.56 Å². The highest BCUT2D eigenvalue weighted by molar-refractivity contribution is 5.13. The summed E-state index contributed by atoms with van der Waals surface area (Å²) in [7, 11) is 0. The van der Waals surface area contributed by atoms with E-state index in [9.17, 15) is 0 Å². The van der Waals surface area contributed by atoms with Crippen molar-refractivity contribution >= 4 is 0 Å². The maximum Gasteiger partial charge on any atom is 0.0970 e. The summed E-state index contributed by atoms with van der Waals surface area (Å²) in [5.74, 6) is 0. The first-order valence-corrected chi connectivity index (χ1v) is 4.79. The summed E-state index contributed by atoms with van der Waals surface area (Å²) in [5, 5.41) is 11.9. The van der Waals surface area contributed by atoms with Gasteiger partial charge in [0.15, 0.2) is 0 Å². The molecular weight excluding hydrogens is 178 g/mol. The summed E-state index contributed by atoms with van der Waals surface area (Å²) in [6.07, 6.45) is -0.324. The molecule has 14 heavy (non-hydrogen) atoms. The van der Waals surface area contributed by atoms with E-state index in [-0.39, 0.29) is 6.10 Å². The van der Waals surface area contributed by atoms with E-state index >= 15 is 0 Å². The van der Waals surface area contributed by atoms with Crippen molar-refractivity contribution in [3.8, 4) is 0 Å². The van der Waals surface area contributed by atoms with Crippen molar-refractivity contribution in [3.63, 3.8) is 0 Å². The van der Waals surface area contributed by atoms with Crippen LogP contribution in [0.25, 0.3) is 0 Å². The summed E-state index contributed by atoms with van der Waals surface area (Å²) in [6, 6.07) is 10.0. The second-order valence-electron chi connectivity index (χ2n) is 3.28. The molecule has 0 bridgehead atoms. The van der Waals surface area contributed by atoms with Crippen LogP contribution in [0.4, 0.5) is 0 Å². The van der Waals surface area contributed by atoms with Gasteiger partial charge in [-0.1, -0.05) is 30.3 Å². The van der Waals surface area contributed by atoms with Crippen LogP contribution >= 0.6 is 0 Å². The molecule has 3 heteroatoms. The number of ether oxygens (including phenoxy) is 1. The lowest BCUT2D eigenvalue weighted by Gasteiger charge is -2.07. The molecule has 2 N–H and O–H groups in total. The monoisotopic (exact) mass is 195 g/mol. The van der Waals surface area contributed by atoms with E-state index in [0.29, 0.717) is 19.9 Å². The SMILES string of the molecule is CC(O)CNCOCc1ccccc1. The number of hydrogen-bond donors (Lipinski definition) is 2. The van der Waals surface area contributed by atoms with Crippen LogP contribution in [0.15, 0.2) is 30.3 Å². The zero-order valence-corrected chi connectivity index (χ0v) is 8.44. The highest BCUT2D eigenvalue weighted by atomic mass is 16.5. The molecule has 78 valence electrons. The number of aliphatic hydroxyl groups is 1. The Hall–Kier alpha value is -0.900. The number of benzene rings is 1. The Morgan fingerprint density at radius 3 is 2.71 bits per heavy atom. The summed E-state index contributed by atoms with van der Waals surface area (Å²) < 4.78 is 5.35. The smallest absolute Gasteiger partial charge is 0.0970 e. The van der Waals surface area contributed by atoms with Crippen LogP contribution in [0.2, 0.25) is 0 Å². The van der Waals surface area contributed by atoms with E-state index in [1.165, 1.54) is 0 Å². The first-order chi connectivity index (χ1) is 6.79. The van der Waals surface area contributed by atoms with E-state index in [1.807, 2.05) is 30.3 Å². The van der Waals surface area contributed by atoms with Gasteiger partial charge in [-0.2, -0.15) is 0 Å². The average Bonchev–Trinajstić information content (AvgIpc) is 2.18. The fraction of sp³-hybridized carbons (Fsp3) is 0.455. The van der Waals surface area contributed by atoms with E-state index in [4.69, 9.17) is 9.84 Å². The predicted octanol–water partition coefficient (Wildman–Crippen LogP) is 1.13. The third-order valence-electron chi connectivity index (χ3n) is 1.76. The molecule has 0 saturated carbocycles. The fourth-order valence-corrected chi connectivity index (χ4v) is 1.08. The molecule has 1 aromatic carbocycles. The highest BCUT2D eigenvalue weighted by Gasteiger charge is 1.94. The standard InChI is InChI=1S/C11H17NO2/c1-10(13)7-12-9-14-8-11-5-3-2-4-6-11/h2-6,10,12-13H,7-9H2,1H3. The maximum absolute atomic E-state index is 8.95. The van der Waals surface area contributed by atoms with Gasteiger partial charge < -0.3 is 9.84 Å². The van der Waals surface area contributed by atoms with Gasteiger partial charge in [-0.15, -0.1) is 0 Å². The quantitative estimate of drug-likeness (QED) is 0.528. The van der Waals surface area contributed by atoms with Gasteiger partial charge in [0.1, 0.15) is 0 Å². The van der Waals surface area contributed by atoms with Crippen molar-refractivity contribution in [1.82, 2.24) is 5.32 Å². The van der Waals surface area contributed by atoms with Gasteiger partial charge in [0.2, 0.25) is 0 Å². The minimum Gasteiger partial charge on any atom is -0.392 e. The molecule has 1 atom stereocenters. The van der Waals surface area contributed by atoms with Gasteiger partial charge in [-0.25, -0.2) is 0 Å². The minimum atomic E-state index is -0.324. The van der Waals surface area contributed by atoms with Crippen LogP contribution in [-0.4, -0.2) is 24.5 Å². The van der Waals surface area contributed by atoms with Crippen LogP contribution in [0.5, 0.6) is 0 Å². The molecule has 0 saturated heterocycles. The molecule has 1 unspecified atom stereocenters. The summed E-state index contributed by atoms with van der Waals surface area (Å²) >= 11 is 0. The van der Waals surface area contributed by atoms with E-state index in [1.54, 1.807) is 6.92 Å². The lowest BCUT2D eigenvalue weighted by atomic mass is 10.2. The lowest BCUT2D eigenvalue weighted by Crippen LogP contribution is -2.26. The third-order valence-corrected chi connectivity index (χ3v) is 1.76. The Morgan fingerprint density at radius 2 is 2.07 bits per heavy atom. The van der Waals surface area contributed by atoms with Gasteiger partial charge >= 0.3 is 0 Å². The number of hydrogen-bond acceptors (Lipinski definition) is 3. The van der Waals surface area contributed by atoms with Crippen LogP contribution in [0.3, 0.4) is 0 Å². The number of nitrogens with one attached hydrogen (secondary N) is 1. The van der Waals surface area contributed by atoms with Crippen LogP contribution in [0.1, 0.15) is 12.5 Å². The van der Waals surface area contributed by atoms with Crippen molar-refractivity contribution in [2.24, 2.45) is 0 Å². The van der Waals surface area contributed by atoms with Crippen LogP contribution < -0.4 is 5.32 Å². The lowest BCUT2D eigenvalue weighted by molar-refractivity contribution is 0.0903.